The van der Waals surface area contributed by atoms with Gasteiger partial charge in [-0.05, 0) is 33.1 Å². The second-order valence-electron chi connectivity index (χ2n) is 17.6. The van der Waals surface area contributed by atoms with Gasteiger partial charge in [-0.25, -0.2) is 4.79 Å². The molecule has 0 aliphatic carbocycles. The molecule has 4 rings (SSSR count). The molecule has 3 fully saturated rings. The zero-order valence-electron chi connectivity index (χ0n) is 37.1. The van der Waals surface area contributed by atoms with Crippen LogP contribution in [0.15, 0.2) is 85.1 Å². The number of carbonyl (C=O) groups excluding carboxylic acids is 2. The van der Waals surface area contributed by atoms with Crippen molar-refractivity contribution < 1.29 is 79.2 Å². The predicted molar refractivity (Wildman–Crippen MR) is 234 cm³/mol. The van der Waals surface area contributed by atoms with Crippen molar-refractivity contribution in [2.24, 2.45) is 11.8 Å². The van der Waals surface area contributed by atoms with E-state index < -0.39 is 135 Å². The summed E-state index contributed by atoms with van der Waals surface area (Å²) >= 11 is 0. The molecule has 0 aromatic heterocycles. The van der Waals surface area contributed by atoms with Crippen molar-refractivity contribution in [3.8, 4) is 0 Å². The molecule has 10 N–H and O–H groups in total. The Labute approximate surface area is 375 Å². The fraction of sp³-hybridized carbons (Fsp3) is 0.660. The minimum absolute atomic E-state index is 0.00503. The van der Waals surface area contributed by atoms with E-state index in [1.807, 2.05) is 61.6 Å². The Hall–Kier alpha value is -3.56. The highest BCUT2D eigenvalue weighted by Crippen LogP contribution is 2.38. The topological polar surface area (TPSA) is 274 Å². The lowest BCUT2D eigenvalue weighted by Crippen LogP contribution is -2.58. The van der Waals surface area contributed by atoms with E-state index in [-0.39, 0.29) is 44.4 Å². The van der Waals surface area contributed by atoms with E-state index in [1.54, 1.807) is 51.2 Å². The Morgan fingerprint density at radius 1 is 0.609 bits per heavy atom. The number of amides is 1. The molecule has 4 aliphatic rings. The number of aliphatic hydroxyl groups excluding tert-OH is 8. The SMILES string of the molecule is C[C@@H]1[C@H](O)[C@@H](C)/C=C/C=C/C=C/C=C/C=C/C=C/C=C/[C@H](O[C@@H]2O[C@H](C)[C@@H](O)C[C@H]2O)C[C@@H]2O[C@](O)(C[C@@H](O)C[C@@H](O)[C@H](O)CC[C@@H](O)C[C@@H](O)CC(=O)O[C@H]1C)C[C@@H]1OC(=O)N[C@H]12. The maximum atomic E-state index is 12.6. The Morgan fingerprint density at radius 3 is 1.86 bits per heavy atom. The van der Waals surface area contributed by atoms with Crippen molar-refractivity contribution in [3.05, 3.63) is 85.1 Å². The van der Waals surface area contributed by atoms with Gasteiger partial charge < -0.3 is 75.0 Å². The highest BCUT2D eigenvalue weighted by atomic mass is 16.7. The third-order valence-electron chi connectivity index (χ3n) is 12.0. The number of alkyl carbamates (subject to hydrolysis) is 1. The molecule has 0 radical (unpaired) electrons. The Bertz CT molecular complexity index is 1660. The van der Waals surface area contributed by atoms with E-state index in [0.717, 1.165) is 0 Å². The van der Waals surface area contributed by atoms with Gasteiger partial charge >= 0.3 is 12.1 Å². The summed E-state index contributed by atoms with van der Waals surface area (Å²) in [5, 5.41) is 99.9. The molecule has 17 heteroatoms. The molecule has 0 aromatic rings. The molecular weight excluding hydrogens is 835 g/mol. The summed E-state index contributed by atoms with van der Waals surface area (Å²) in [6, 6.07) is -0.729. The Morgan fingerprint density at radius 2 is 1.22 bits per heavy atom. The summed E-state index contributed by atoms with van der Waals surface area (Å²) in [5.74, 6) is -3.46. The highest BCUT2D eigenvalue weighted by Gasteiger charge is 2.53. The normalized spacial score (nSPS) is 45.5. The first-order chi connectivity index (χ1) is 30.3. The minimum atomic E-state index is -2.06. The number of nitrogens with one attached hydrogen (secondary N) is 1. The fourth-order valence-electron chi connectivity index (χ4n) is 8.12. The van der Waals surface area contributed by atoms with Gasteiger partial charge in [0.25, 0.3) is 0 Å². The highest BCUT2D eigenvalue weighted by molar-refractivity contribution is 5.70. The van der Waals surface area contributed by atoms with Gasteiger partial charge in [0.1, 0.15) is 18.3 Å². The Balaban J connectivity index is 1.52. The van der Waals surface area contributed by atoms with E-state index in [4.69, 9.17) is 23.7 Å². The largest absolute Gasteiger partial charge is 0.462 e. The van der Waals surface area contributed by atoms with Gasteiger partial charge in [-0.1, -0.05) is 98.9 Å². The van der Waals surface area contributed by atoms with Crippen LogP contribution in [0.25, 0.3) is 0 Å². The van der Waals surface area contributed by atoms with Crippen LogP contribution in [0.2, 0.25) is 0 Å². The molecule has 0 aromatic carbocycles. The number of carbonyl (C=O) groups is 2. The summed E-state index contributed by atoms with van der Waals surface area (Å²) in [5.41, 5.74) is 0. The molecule has 18 atom stereocenters. The average molecular weight is 906 g/mol. The lowest BCUT2D eigenvalue weighted by Gasteiger charge is -2.44. The number of allylic oxidation sites excluding steroid dienone is 12. The predicted octanol–water partition coefficient (Wildman–Crippen LogP) is 2.19. The van der Waals surface area contributed by atoms with Crippen molar-refractivity contribution in [2.45, 2.75) is 183 Å². The van der Waals surface area contributed by atoms with Crippen LogP contribution in [0.3, 0.4) is 0 Å². The molecule has 2 bridgehead atoms. The first kappa shape index (κ1) is 53.1. The summed E-state index contributed by atoms with van der Waals surface area (Å²) in [6.07, 6.45) is 7.94. The van der Waals surface area contributed by atoms with Crippen LogP contribution in [0.5, 0.6) is 0 Å². The quantitative estimate of drug-likeness (QED) is 0.178. The van der Waals surface area contributed by atoms with E-state index >= 15 is 0 Å². The van der Waals surface area contributed by atoms with Gasteiger partial charge in [0.15, 0.2) is 12.1 Å². The number of hydrogen-bond donors (Lipinski definition) is 10. The first-order valence-corrected chi connectivity index (χ1v) is 22.3. The van der Waals surface area contributed by atoms with E-state index in [2.05, 4.69) is 5.32 Å². The lowest BCUT2D eigenvalue weighted by molar-refractivity contribution is -0.297. The zero-order chi connectivity index (χ0) is 47.0. The molecule has 0 spiro atoms. The third-order valence-corrected chi connectivity index (χ3v) is 12.0. The third kappa shape index (κ3) is 17.3. The molecule has 360 valence electrons. The Kier molecular flexibility index (Phi) is 21.5. The van der Waals surface area contributed by atoms with E-state index in [0.29, 0.717) is 0 Å². The maximum Gasteiger partial charge on any atom is 0.407 e. The van der Waals surface area contributed by atoms with Gasteiger partial charge in [-0.3, -0.25) is 4.79 Å². The molecule has 4 heterocycles. The fourth-order valence-corrected chi connectivity index (χ4v) is 8.12. The molecule has 4 aliphatic heterocycles. The number of aliphatic hydroxyl groups is 9. The summed E-state index contributed by atoms with van der Waals surface area (Å²) < 4.78 is 29.1. The van der Waals surface area contributed by atoms with Gasteiger partial charge in [0, 0.05) is 43.9 Å². The van der Waals surface area contributed by atoms with Crippen molar-refractivity contribution >= 4 is 12.1 Å². The summed E-state index contributed by atoms with van der Waals surface area (Å²) in [6.45, 7) is 6.92. The van der Waals surface area contributed by atoms with Crippen molar-refractivity contribution in [3.63, 3.8) is 0 Å². The van der Waals surface area contributed by atoms with Crippen LogP contribution in [-0.4, -0.2) is 155 Å². The van der Waals surface area contributed by atoms with E-state index in [1.165, 1.54) is 0 Å². The molecule has 17 nitrogen and oxygen atoms in total. The molecule has 3 saturated heterocycles. The maximum absolute atomic E-state index is 12.6. The standard InChI is InChI=1S/C47H71NO16/c1-28-17-15-13-11-9-7-5-6-8-10-12-14-16-18-35(62-45-39(55)25-37(53)31(4)61-45)24-40-43-41(63-46(58)48-43)27-47(59,64-40)26-34(51)22-38(54)36(52)20-19-32(49)21-33(50)23-42(56)60-30(3)29(2)44(28)57/h5-18,28-41,43-45,49-55,57,59H,19-27H2,1-4H3,(H,48,58)/b6-5+,9-7+,10-8+,13-11+,14-12+,17-15+,18-16+/t28-,29-,30-,31+,32+,33+,34-,35-,36+,37-,38+,39+,40-,41-,43-,44+,45-,47+/m0/s1. The lowest BCUT2D eigenvalue weighted by atomic mass is 9.87. The van der Waals surface area contributed by atoms with Gasteiger partial charge in [-0.2, -0.15) is 0 Å². The smallest absolute Gasteiger partial charge is 0.407 e. The first-order valence-electron chi connectivity index (χ1n) is 22.3. The minimum Gasteiger partial charge on any atom is -0.462 e. The molecule has 1 amide bonds. The van der Waals surface area contributed by atoms with Crippen LogP contribution in [-0.2, 0) is 28.5 Å². The number of ether oxygens (including phenoxy) is 5. The van der Waals surface area contributed by atoms with Crippen LogP contribution in [0.1, 0.15) is 85.5 Å². The van der Waals surface area contributed by atoms with Crippen LogP contribution in [0.4, 0.5) is 4.79 Å². The molecule has 64 heavy (non-hydrogen) atoms. The summed E-state index contributed by atoms with van der Waals surface area (Å²) in [4.78, 5) is 25.1. The second-order valence-corrected chi connectivity index (χ2v) is 17.6. The number of esters is 1. The van der Waals surface area contributed by atoms with Gasteiger partial charge in [0.05, 0.1) is 73.5 Å². The van der Waals surface area contributed by atoms with Gasteiger partial charge in [-0.15, -0.1) is 0 Å². The molecule has 0 saturated carbocycles. The van der Waals surface area contributed by atoms with Crippen LogP contribution >= 0.6 is 0 Å². The number of rotatable bonds is 2. The average Bonchev–Trinajstić information content (AvgIpc) is 3.59. The monoisotopic (exact) mass is 905 g/mol. The van der Waals surface area contributed by atoms with E-state index in [9.17, 15) is 55.5 Å². The number of cyclic esters (lactones) is 1. The van der Waals surface area contributed by atoms with Crippen molar-refractivity contribution in [1.29, 1.82) is 0 Å². The molecular formula is C47H71NO16. The van der Waals surface area contributed by atoms with Crippen LogP contribution in [0, 0.1) is 11.8 Å². The van der Waals surface area contributed by atoms with Gasteiger partial charge in [0.2, 0.25) is 0 Å². The number of fused-ring (bicyclic) bond motifs is 4. The van der Waals surface area contributed by atoms with Crippen LogP contribution < -0.4 is 5.32 Å². The van der Waals surface area contributed by atoms with Crippen molar-refractivity contribution in [2.75, 3.05) is 0 Å². The molecule has 0 unspecified atom stereocenters. The number of hydrogen-bond acceptors (Lipinski definition) is 16. The van der Waals surface area contributed by atoms with Crippen molar-refractivity contribution in [1.82, 2.24) is 5.32 Å². The second kappa shape index (κ2) is 26.0. The zero-order valence-corrected chi connectivity index (χ0v) is 37.1. The summed E-state index contributed by atoms with van der Waals surface area (Å²) in [7, 11) is 0.